The highest BCUT2D eigenvalue weighted by Gasteiger charge is 2.19. The van der Waals surface area contributed by atoms with Gasteiger partial charge in [0.2, 0.25) is 0 Å². The molecule has 0 bridgehead atoms. The molecule has 1 heterocycles. The Morgan fingerprint density at radius 2 is 1.95 bits per heavy atom. The predicted molar refractivity (Wildman–Crippen MR) is 85.8 cm³/mol. The Hall–Kier alpha value is -1.36. The van der Waals surface area contributed by atoms with Gasteiger partial charge in [-0.2, -0.15) is 0 Å². The molecule has 21 heavy (non-hydrogen) atoms. The van der Waals surface area contributed by atoms with E-state index in [1.807, 2.05) is 18.2 Å². The average Bonchev–Trinajstić information content (AvgIpc) is 3.20. The highest BCUT2D eigenvalue weighted by molar-refractivity contribution is 7.09. The fraction of sp³-hybridized carbons (Fsp3) is 0.412. The largest absolute Gasteiger partial charge is 0.491 e. The minimum Gasteiger partial charge on any atom is -0.491 e. The summed E-state index contributed by atoms with van der Waals surface area (Å²) >= 11 is 1.72. The lowest BCUT2D eigenvalue weighted by atomic mass is 10.2. The van der Waals surface area contributed by atoms with Crippen LogP contribution in [-0.2, 0) is 17.9 Å². The van der Waals surface area contributed by atoms with Crippen LogP contribution in [0.2, 0.25) is 0 Å². The van der Waals surface area contributed by atoms with Crippen LogP contribution in [0.3, 0.4) is 0 Å². The van der Waals surface area contributed by atoms with E-state index < -0.39 is 0 Å². The van der Waals surface area contributed by atoms with Gasteiger partial charge in [0, 0.05) is 17.5 Å². The zero-order chi connectivity index (χ0) is 14.3. The van der Waals surface area contributed by atoms with E-state index in [0.717, 1.165) is 18.3 Å². The van der Waals surface area contributed by atoms with Crippen LogP contribution in [0.1, 0.15) is 23.3 Å². The van der Waals surface area contributed by atoms with Gasteiger partial charge in [0.25, 0.3) is 0 Å². The molecular formula is C17H21NO2S. The van der Waals surface area contributed by atoms with Crippen LogP contribution in [0.4, 0.5) is 0 Å². The van der Waals surface area contributed by atoms with Crippen LogP contribution in [0, 0.1) is 0 Å². The van der Waals surface area contributed by atoms with E-state index in [0.29, 0.717) is 19.8 Å². The maximum absolute atomic E-state index is 5.68. The third-order valence-corrected chi connectivity index (χ3v) is 4.27. The topological polar surface area (TPSA) is 30.5 Å². The first kappa shape index (κ1) is 14.6. The van der Waals surface area contributed by atoms with E-state index in [4.69, 9.17) is 9.47 Å². The molecule has 0 saturated heterocycles. The molecule has 0 aliphatic heterocycles. The third kappa shape index (κ3) is 5.16. The molecule has 0 amide bonds. The molecule has 0 atom stereocenters. The molecule has 0 unspecified atom stereocenters. The normalized spacial score (nSPS) is 14.3. The van der Waals surface area contributed by atoms with Gasteiger partial charge in [-0.1, -0.05) is 18.2 Å². The molecule has 112 valence electrons. The molecule has 1 aliphatic carbocycles. The van der Waals surface area contributed by atoms with Crippen LogP contribution in [0.5, 0.6) is 5.75 Å². The van der Waals surface area contributed by atoms with E-state index in [9.17, 15) is 0 Å². The summed E-state index contributed by atoms with van der Waals surface area (Å²) in [6, 6.07) is 13.2. The summed E-state index contributed by atoms with van der Waals surface area (Å²) in [5.74, 6) is 0.907. The Labute approximate surface area is 129 Å². The van der Waals surface area contributed by atoms with Gasteiger partial charge in [0.05, 0.1) is 13.2 Å². The summed E-state index contributed by atoms with van der Waals surface area (Å²) in [5.41, 5.74) is 1.31. The quantitative estimate of drug-likeness (QED) is 0.718. The zero-order valence-corrected chi connectivity index (χ0v) is 12.9. The summed E-state index contributed by atoms with van der Waals surface area (Å²) in [6.45, 7) is 2.83. The first-order valence-electron chi connectivity index (χ1n) is 7.45. The van der Waals surface area contributed by atoms with Crippen molar-refractivity contribution < 1.29 is 9.47 Å². The second kappa shape index (κ2) is 7.59. The molecule has 2 aromatic rings. The minimum absolute atomic E-state index is 0.588. The van der Waals surface area contributed by atoms with Crippen molar-refractivity contribution in [3.05, 3.63) is 52.2 Å². The maximum Gasteiger partial charge on any atom is 0.119 e. The van der Waals surface area contributed by atoms with E-state index in [1.165, 1.54) is 23.3 Å². The van der Waals surface area contributed by atoms with E-state index in [1.54, 1.807) is 11.3 Å². The maximum atomic E-state index is 5.68. The molecule has 0 spiro atoms. The smallest absolute Gasteiger partial charge is 0.119 e. The number of hydrogen-bond acceptors (Lipinski definition) is 4. The van der Waals surface area contributed by atoms with Gasteiger partial charge in [-0.15, -0.1) is 11.3 Å². The van der Waals surface area contributed by atoms with Crippen molar-refractivity contribution in [1.82, 2.24) is 5.32 Å². The molecule has 3 rings (SSSR count). The van der Waals surface area contributed by atoms with Gasteiger partial charge in [-0.3, -0.25) is 0 Å². The van der Waals surface area contributed by atoms with Crippen molar-refractivity contribution in [3.8, 4) is 5.75 Å². The Kier molecular flexibility index (Phi) is 5.27. The number of ether oxygens (including phenoxy) is 2. The lowest BCUT2D eigenvalue weighted by Crippen LogP contribution is -2.15. The van der Waals surface area contributed by atoms with Crippen molar-refractivity contribution >= 4 is 11.3 Å². The summed E-state index contributed by atoms with van der Waals surface area (Å²) in [4.78, 5) is 1.25. The standard InChI is InChI=1S/C17H21NO2S/c1-2-17(21-11-1)13-19-9-10-20-16-7-3-14(4-8-16)12-18-15-5-6-15/h1-4,7-8,11,15,18H,5-6,9-10,12-13H2. The second-order valence-corrected chi connectivity index (χ2v) is 6.31. The van der Waals surface area contributed by atoms with Crippen LogP contribution in [-0.4, -0.2) is 19.3 Å². The Morgan fingerprint density at radius 1 is 1.10 bits per heavy atom. The second-order valence-electron chi connectivity index (χ2n) is 5.28. The number of nitrogens with one attached hydrogen (secondary N) is 1. The van der Waals surface area contributed by atoms with Gasteiger partial charge in [-0.25, -0.2) is 0 Å². The fourth-order valence-electron chi connectivity index (χ4n) is 2.04. The number of thiophene rings is 1. The molecule has 1 aromatic heterocycles. The molecule has 1 aromatic carbocycles. The SMILES string of the molecule is c1csc(COCCOc2ccc(CNC3CC3)cc2)c1. The van der Waals surface area contributed by atoms with Crippen molar-refractivity contribution in [3.63, 3.8) is 0 Å². The van der Waals surface area contributed by atoms with Gasteiger partial charge >= 0.3 is 0 Å². The lowest BCUT2D eigenvalue weighted by Gasteiger charge is -2.08. The zero-order valence-electron chi connectivity index (χ0n) is 12.1. The van der Waals surface area contributed by atoms with E-state index in [2.05, 4.69) is 28.9 Å². The first-order chi connectivity index (χ1) is 10.4. The lowest BCUT2D eigenvalue weighted by molar-refractivity contribution is 0.0905. The van der Waals surface area contributed by atoms with Crippen LogP contribution in [0.25, 0.3) is 0 Å². The number of rotatable bonds is 9. The van der Waals surface area contributed by atoms with E-state index in [-0.39, 0.29) is 0 Å². The summed E-state index contributed by atoms with van der Waals surface area (Å²) < 4.78 is 11.2. The average molecular weight is 303 g/mol. The monoisotopic (exact) mass is 303 g/mol. The molecule has 0 radical (unpaired) electrons. The van der Waals surface area contributed by atoms with Crippen LogP contribution in [0.15, 0.2) is 41.8 Å². The van der Waals surface area contributed by atoms with Gasteiger partial charge in [0.15, 0.2) is 0 Å². The summed E-state index contributed by atoms with van der Waals surface area (Å²) in [7, 11) is 0. The molecule has 1 N–H and O–H groups in total. The number of benzene rings is 1. The van der Waals surface area contributed by atoms with Gasteiger partial charge in [0.1, 0.15) is 12.4 Å². The molecule has 4 heteroatoms. The predicted octanol–water partition coefficient (Wildman–Crippen LogP) is 3.60. The molecule has 1 saturated carbocycles. The Bertz CT molecular complexity index is 520. The highest BCUT2D eigenvalue weighted by Crippen LogP contribution is 2.20. The van der Waals surface area contributed by atoms with Crippen LogP contribution < -0.4 is 10.1 Å². The number of hydrogen-bond donors (Lipinski definition) is 1. The van der Waals surface area contributed by atoms with Crippen molar-refractivity contribution in [1.29, 1.82) is 0 Å². The molecule has 1 fully saturated rings. The summed E-state index contributed by atoms with van der Waals surface area (Å²) in [5, 5.41) is 5.57. The first-order valence-corrected chi connectivity index (χ1v) is 8.33. The van der Waals surface area contributed by atoms with Crippen molar-refractivity contribution in [2.24, 2.45) is 0 Å². The van der Waals surface area contributed by atoms with Gasteiger partial charge < -0.3 is 14.8 Å². The van der Waals surface area contributed by atoms with Gasteiger partial charge in [-0.05, 0) is 42.0 Å². The van der Waals surface area contributed by atoms with Crippen molar-refractivity contribution in [2.45, 2.75) is 32.0 Å². The highest BCUT2D eigenvalue weighted by atomic mass is 32.1. The van der Waals surface area contributed by atoms with E-state index >= 15 is 0 Å². The fourth-order valence-corrected chi connectivity index (χ4v) is 2.68. The Balaban J connectivity index is 1.31. The Morgan fingerprint density at radius 3 is 2.67 bits per heavy atom. The molecular weight excluding hydrogens is 282 g/mol. The van der Waals surface area contributed by atoms with Crippen LogP contribution >= 0.6 is 11.3 Å². The third-order valence-electron chi connectivity index (χ3n) is 3.42. The molecule has 3 nitrogen and oxygen atoms in total. The minimum atomic E-state index is 0.588. The summed E-state index contributed by atoms with van der Waals surface area (Å²) in [6.07, 6.45) is 2.65. The molecule has 1 aliphatic rings. The van der Waals surface area contributed by atoms with Crippen molar-refractivity contribution in [2.75, 3.05) is 13.2 Å².